The van der Waals surface area contributed by atoms with Crippen LogP contribution in [0.25, 0.3) is 0 Å². The van der Waals surface area contributed by atoms with Crippen molar-refractivity contribution in [1.82, 2.24) is 0 Å². The molecule has 26 heavy (non-hydrogen) atoms. The zero-order valence-electron chi connectivity index (χ0n) is 18.3. The molecule has 0 saturated heterocycles. The molecule has 0 aliphatic carbocycles. The molecular weight excluding hydrogens is 314 g/mol. The third kappa shape index (κ3) is 6.20. The zero-order valence-corrected chi connectivity index (χ0v) is 18.3. The molecule has 2 aromatic carbocycles. The summed E-state index contributed by atoms with van der Waals surface area (Å²) in [5.41, 5.74) is 7.25. The Morgan fingerprint density at radius 2 is 1.38 bits per heavy atom. The molecule has 1 heteroatoms. The number of anilines is 1. The molecule has 1 heterocycles. The van der Waals surface area contributed by atoms with E-state index >= 15 is 0 Å². The normalized spacial score (nSPS) is 12.3. The van der Waals surface area contributed by atoms with Crippen molar-refractivity contribution >= 4 is 5.69 Å². The first-order valence-corrected chi connectivity index (χ1v) is 10.3. The van der Waals surface area contributed by atoms with Gasteiger partial charge >= 0.3 is 0 Å². The predicted molar refractivity (Wildman–Crippen MR) is 119 cm³/mol. The Morgan fingerprint density at radius 1 is 0.846 bits per heavy atom. The van der Waals surface area contributed by atoms with Gasteiger partial charge in [-0.25, -0.2) is 0 Å². The highest BCUT2D eigenvalue weighted by molar-refractivity contribution is 5.59. The van der Waals surface area contributed by atoms with E-state index in [1.54, 1.807) is 0 Å². The fourth-order valence-electron chi connectivity index (χ4n) is 3.05. The third-order valence-electron chi connectivity index (χ3n) is 4.96. The lowest BCUT2D eigenvalue weighted by molar-refractivity contribution is 0.865. The predicted octanol–water partition coefficient (Wildman–Crippen LogP) is 7.20. The van der Waals surface area contributed by atoms with Gasteiger partial charge in [-0.15, -0.1) is 0 Å². The highest BCUT2D eigenvalue weighted by Crippen LogP contribution is 2.29. The van der Waals surface area contributed by atoms with Crippen molar-refractivity contribution in [1.29, 1.82) is 0 Å². The van der Waals surface area contributed by atoms with Gasteiger partial charge in [-0.1, -0.05) is 84.9 Å². The smallest absolute Gasteiger partial charge is 0.0399 e. The Balaban J connectivity index is 0.000000241. The highest BCUT2D eigenvalue weighted by atomic mass is 15.1. The monoisotopic (exact) mass is 353 g/mol. The molecular formula is C25H39N. The van der Waals surface area contributed by atoms with Gasteiger partial charge in [0.1, 0.15) is 0 Å². The second kappa shape index (κ2) is 11.1. The maximum Gasteiger partial charge on any atom is 0.0399 e. The van der Waals surface area contributed by atoms with E-state index in [9.17, 15) is 0 Å². The van der Waals surface area contributed by atoms with Crippen LogP contribution in [0.1, 0.15) is 82.6 Å². The SMILES string of the molecule is CC.CC(C)c1ccc2c(c1)N(C)CC2.CCc1ccc(C(C)C)cc1. The number of hydrogen-bond donors (Lipinski definition) is 0. The Kier molecular flexibility index (Phi) is 9.48. The van der Waals surface area contributed by atoms with Gasteiger partial charge in [-0.3, -0.25) is 0 Å². The molecule has 0 N–H and O–H groups in total. The summed E-state index contributed by atoms with van der Waals surface area (Å²) < 4.78 is 0. The van der Waals surface area contributed by atoms with Crippen molar-refractivity contribution in [3.05, 3.63) is 64.7 Å². The molecule has 0 radical (unpaired) electrons. The average Bonchev–Trinajstić information content (AvgIpc) is 3.04. The largest absolute Gasteiger partial charge is 0.374 e. The van der Waals surface area contributed by atoms with Crippen molar-refractivity contribution in [3.63, 3.8) is 0 Å². The van der Waals surface area contributed by atoms with Crippen LogP contribution in [0.3, 0.4) is 0 Å². The van der Waals surface area contributed by atoms with E-state index in [-0.39, 0.29) is 0 Å². The minimum Gasteiger partial charge on any atom is -0.374 e. The first-order chi connectivity index (χ1) is 12.4. The molecule has 0 saturated carbocycles. The standard InChI is InChI=1S/C12H17N.C11H16.C2H6/c1-9(2)11-5-4-10-6-7-13(3)12(10)8-11;1-4-10-5-7-11(8-6-10)9(2)3;1-2/h4-5,8-9H,6-7H2,1-3H3;5-9H,4H2,1-3H3;1-2H3. The maximum absolute atomic E-state index is 2.35. The first kappa shape index (κ1) is 22.3. The van der Waals surface area contributed by atoms with Crippen molar-refractivity contribution < 1.29 is 0 Å². The molecule has 3 rings (SSSR count). The summed E-state index contributed by atoms with van der Waals surface area (Å²) in [4.78, 5) is 2.35. The van der Waals surface area contributed by atoms with E-state index in [2.05, 4.69) is 89.0 Å². The van der Waals surface area contributed by atoms with Crippen molar-refractivity contribution in [2.75, 3.05) is 18.5 Å². The van der Waals surface area contributed by atoms with E-state index in [4.69, 9.17) is 0 Å². The Hall–Kier alpha value is -1.76. The van der Waals surface area contributed by atoms with Gasteiger partial charge in [0.2, 0.25) is 0 Å². The van der Waals surface area contributed by atoms with E-state index < -0.39 is 0 Å². The summed E-state index contributed by atoms with van der Waals surface area (Å²) in [7, 11) is 2.18. The Bertz CT molecular complexity index is 638. The molecule has 0 spiro atoms. The summed E-state index contributed by atoms with van der Waals surface area (Å²) >= 11 is 0. The average molecular weight is 354 g/mol. The topological polar surface area (TPSA) is 3.24 Å². The second-order valence-electron chi connectivity index (χ2n) is 7.46. The van der Waals surface area contributed by atoms with Crippen LogP contribution in [-0.4, -0.2) is 13.6 Å². The van der Waals surface area contributed by atoms with Crippen LogP contribution in [0, 0.1) is 0 Å². The van der Waals surface area contributed by atoms with Crippen molar-refractivity contribution in [2.45, 2.75) is 73.1 Å². The number of rotatable bonds is 3. The molecule has 0 aromatic heterocycles. The summed E-state index contributed by atoms with van der Waals surface area (Å²) in [5.74, 6) is 1.29. The van der Waals surface area contributed by atoms with Crippen LogP contribution in [0.15, 0.2) is 42.5 Å². The van der Waals surface area contributed by atoms with Gasteiger partial charge in [0.15, 0.2) is 0 Å². The molecule has 144 valence electrons. The van der Waals surface area contributed by atoms with Crippen LogP contribution in [0.2, 0.25) is 0 Å². The first-order valence-electron chi connectivity index (χ1n) is 10.3. The van der Waals surface area contributed by atoms with E-state index in [0.29, 0.717) is 11.8 Å². The summed E-state index contributed by atoms with van der Waals surface area (Å²) in [6, 6.07) is 15.8. The third-order valence-corrected chi connectivity index (χ3v) is 4.96. The number of hydrogen-bond acceptors (Lipinski definition) is 1. The molecule has 0 atom stereocenters. The second-order valence-corrected chi connectivity index (χ2v) is 7.46. The lowest BCUT2D eigenvalue weighted by Gasteiger charge is -2.14. The molecule has 1 aliphatic rings. The number of likely N-dealkylation sites (N-methyl/N-ethyl adjacent to an activating group) is 1. The fraction of sp³-hybridized carbons (Fsp3) is 0.520. The molecule has 2 aromatic rings. The molecule has 0 fully saturated rings. The van der Waals surface area contributed by atoms with Crippen LogP contribution in [-0.2, 0) is 12.8 Å². The van der Waals surface area contributed by atoms with Crippen LogP contribution < -0.4 is 4.90 Å². The zero-order chi connectivity index (χ0) is 19.7. The minimum atomic E-state index is 0.638. The van der Waals surface area contributed by atoms with Gasteiger partial charge in [0.25, 0.3) is 0 Å². The van der Waals surface area contributed by atoms with Gasteiger partial charge in [-0.05, 0) is 53.0 Å². The quantitative estimate of drug-likeness (QED) is 0.564. The fourth-order valence-corrected chi connectivity index (χ4v) is 3.05. The molecule has 1 aliphatic heterocycles. The minimum absolute atomic E-state index is 0.638. The Labute approximate surface area is 162 Å². The van der Waals surface area contributed by atoms with Gasteiger partial charge < -0.3 is 4.90 Å². The van der Waals surface area contributed by atoms with Crippen molar-refractivity contribution in [2.24, 2.45) is 0 Å². The van der Waals surface area contributed by atoms with Gasteiger partial charge in [0.05, 0.1) is 0 Å². The number of aryl methyl sites for hydroxylation is 1. The van der Waals surface area contributed by atoms with E-state index in [0.717, 1.165) is 6.42 Å². The molecule has 0 bridgehead atoms. The van der Waals surface area contributed by atoms with Crippen LogP contribution >= 0.6 is 0 Å². The van der Waals surface area contributed by atoms with Crippen LogP contribution in [0.4, 0.5) is 5.69 Å². The molecule has 1 nitrogen and oxygen atoms in total. The number of fused-ring (bicyclic) bond motifs is 1. The Morgan fingerprint density at radius 3 is 1.88 bits per heavy atom. The summed E-state index contributed by atoms with van der Waals surface area (Å²) in [6.07, 6.45) is 2.35. The summed E-state index contributed by atoms with van der Waals surface area (Å²) in [6.45, 7) is 16.3. The maximum atomic E-state index is 2.35. The lowest BCUT2D eigenvalue weighted by Crippen LogP contribution is -2.12. The highest BCUT2D eigenvalue weighted by Gasteiger charge is 2.15. The van der Waals surface area contributed by atoms with Gasteiger partial charge in [0, 0.05) is 19.3 Å². The van der Waals surface area contributed by atoms with E-state index in [1.807, 2.05) is 13.8 Å². The number of nitrogens with zero attached hydrogens (tertiary/aromatic N) is 1. The summed E-state index contributed by atoms with van der Waals surface area (Å²) in [5, 5.41) is 0. The molecule has 0 amide bonds. The van der Waals surface area contributed by atoms with Crippen LogP contribution in [0.5, 0.6) is 0 Å². The van der Waals surface area contributed by atoms with Gasteiger partial charge in [-0.2, -0.15) is 0 Å². The number of benzene rings is 2. The van der Waals surface area contributed by atoms with Crippen molar-refractivity contribution in [3.8, 4) is 0 Å². The molecule has 0 unspecified atom stereocenters. The van der Waals surface area contributed by atoms with E-state index in [1.165, 1.54) is 40.9 Å². The lowest BCUT2D eigenvalue weighted by atomic mass is 10.0.